The molecule has 4 nitrogen and oxygen atoms in total. The van der Waals surface area contributed by atoms with Crippen molar-refractivity contribution in [1.82, 2.24) is 14.5 Å². The minimum absolute atomic E-state index is 0.211. The van der Waals surface area contributed by atoms with Gasteiger partial charge in [-0.2, -0.15) is 0 Å². The first-order valence-corrected chi connectivity index (χ1v) is 6.01. The maximum atomic E-state index is 11.7. The van der Waals surface area contributed by atoms with E-state index in [1.54, 1.807) is 0 Å². The van der Waals surface area contributed by atoms with Crippen LogP contribution in [0.2, 0.25) is 0 Å². The molecule has 0 aliphatic carbocycles. The summed E-state index contributed by atoms with van der Waals surface area (Å²) in [5, 5.41) is 0. The molecule has 0 spiro atoms. The fraction of sp³-hybridized carbons (Fsp3) is 0.385. The van der Waals surface area contributed by atoms with E-state index in [4.69, 9.17) is 0 Å². The SMILES string of the molecule is CCC(=O)N1CCn2c(nc3ccccc32)C1. The number of aromatic nitrogens is 2. The molecular formula is C13H15N3O. The van der Waals surface area contributed by atoms with Crippen LogP contribution in [0.25, 0.3) is 11.0 Å². The van der Waals surface area contributed by atoms with Gasteiger partial charge in [-0.25, -0.2) is 4.98 Å². The Kier molecular flexibility index (Phi) is 2.35. The number of nitrogens with zero attached hydrogens (tertiary/aromatic N) is 3. The molecule has 2 aromatic rings. The predicted molar refractivity (Wildman–Crippen MR) is 65.4 cm³/mol. The van der Waals surface area contributed by atoms with Crippen molar-refractivity contribution in [3.63, 3.8) is 0 Å². The monoisotopic (exact) mass is 229 g/mol. The highest BCUT2D eigenvalue weighted by Crippen LogP contribution is 2.20. The van der Waals surface area contributed by atoms with Gasteiger partial charge in [0.15, 0.2) is 0 Å². The molecule has 3 rings (SSSR count). The van der Waals surface area contributed by atoms with Crippen molar-refractivity contribution in [3.8, 4) is 0 Å². The summed E-state index contributed by atoms with van der Waals surface area (Å²) in [6, 6.07) is 8.13. The number of hydrogen-bond donors (Lipinski definition) is 0. The van der Waals surface area contributed by atoms with Crippen LogP contribution in [-0.2, 0) is 17.9 Å². The average molecular weight is 229 g/mol. The van der Waals surface area contributed by atoms with Crippen LogP contribution in [0.1, 0.15) is 19.2 Å². The van der Waals surface area contributed by atoms with Gasteiger partial charge in [0.05, 0.1) is 17.6 Å². The van der Waals surface area contributed by atoms with Gasteiger partial charge in [0.2, 0.25) is 5.91 Å². The van der Waals surface area contributed by atoms with E-state index in [2.05, 4.69) is 15.6 Å². The van der Waals surface area contributed by atoms with Crippen LogP contribution in [-0.4, -0.2) is 26.9 Å². The van der Waals surface area contributed by atoms with Crippen molar-refractivity contribution < 1.29 is 4.79 Å². The third-order valence-electron chi connectivity index (χ3n) is 3.31. The van der Waals surface area contributed by atoms with Crippen LogP contribution in [0, 0.1) is 0 Å². The average Bonchev–Trinajstić information content (AvgIpc) is 2.75. The van der Waals surface area contributed by atoms with Crippen LogP contribution in [0.15, 0.2) is 24.3 Å². The van der Waals surface area contributed by atoms with E-state index in [1.807, 2.05) is 30.0 Å². The number of carbonyl (C=O) groups excluding carboxylic acids is 1. The van der Waals surface area contributed by atoms with Crippen molar-refractivity contribution in [2.24, 2.45) is 0 Å². The van der Waals surface area contributed by atoms with E-state index in [1.165, 1.54) is 5.52 Å². The van der Waals surface area contributed by atoms with E-state index < -0.39 is 0 Å². The summed E-state index contributed by atoms with van der Waals surface area (Å²) in [7, 11) is 0. The molecule has 1 aliphatic rings. The number of carbonyl (C=O) groups is 1. The molecule has 4 heteroatoms. The fourth-order valence-electron chi connectivity index (χ4n) is 2.40. The normalized spacial score (nSPS) is 15.0. The maximum Gasteiger partial charge on any atom is 0.222 e. The lowest BCUT2D eigenvalue weighted by atomic mass is 10.3. The van der Waals surface area contributed by atoms with E-state index in [9.17, 15) is 4.79 Å². The number of imidazole rings is 1. The molecule has 88 valence electrons. The Morgan fingerprint density at radius 3 is 3.00 bits per heavy atom. The van der Waals surface area contributed by atoms with Crippen LogP contribution in [0.4, 0.5) is 0 Å². The quantitative estimate of drug-likeness (QED) is 0.747. The minimum atomic E-state index is 0.211. The summed E-state index contributed by atoms with van der Waals surface area (Å²) in [6.07, 6.45) is 0.570. The van der Waals surface area contributed by atoms with Gasteiger partial charge in [0.25, 0.3) is 0 Å². The summed E-state index contributed by atoms with van der Waals surface area (Å²) >= 11 is 0. The Balaban J connectivity index is 2.00. The molecular weight excluding hydrogens is 214 g/mol. The minimum Gasteiger partial charge on any atom is -0.333 e. The number of para-hydroxylation sites is 2. The van der Waals surface area contributed by atoms with Crippen molar-refractivity contribution in [2.75, 3.05) is 6.54 Å². The van der Waals surface area contributed by atoms with Crippen molar-refractivity contribution in [1.29, 1.82) is 0 Å². The highest BCUT2D eigenvalue weighted by Gasteiger charge is 2.22. The topological polar surface area (TPSA) is 38.1 Å². The van der Waals surface area contributed by atoms with E-state index >= 15 is 0 Å². The first-order chi connectivity index (χ1) is 8.29. The van der Waals surface area contributed by atoms with Crippen molar-refractivity contribution in [3.05, 3.63) is 30.1 Å². The second kappa shape index (κ2) is 3.87. The molecule has 0 fully saturated rings. The number of fused-ring (bicyclic) bond motifs is 3. The first-order valence-electron chi connectivity index (χ1n) is 6.01. The van der Waals surface area contributed by atoms with Gasteiger partial charge >= 0.3 is 0 Å². The molecule has 2 heterocycles. The van der Waals surface area contributed by atoms with Crippen LogP contribution in [0.5, 0.6) is 0 Å². The Labute approximate surface area is 99.9 Å². The number of benzene rings is 1. The first kappa shape index (κ1) is 10.3. The Bertz CT molecular complexity index is 573. The van der Waals surface area contributed by atoms with Gasteiger partial charge < -0.3 is 9.47 Å². The van der Waals surface area contributed by atoms with Crippen molar-refractivity contribution >= 4 is 16.9 Å². The molecule has 0 saturated carbocycles. The standard InChI is InChI=1S/C13H15N3O/c1-2-13(17)15-7-8-16-11-6-4-3-5-10(11)14-12(16)9-15/h3-6H,2,7-9H2,1H3. The largest absolute Gasteiger partial charge is 0.333 e. The lowest BCUT2D eigenvalue weighted by Gasteiger charge is -2.27. The molecule has 1 aromatic heterocycles. The molecule has 0 atom stereocenters. The van der Waals surface area contributed by atoms with Crippen LogP contribution >= 0.6 is 0 Å². The fourth-order valence-corrected chi connectivity index (χ4v) is 2.40. The molecule has 0 saturated heterocycles. The zero-order valence-electron chi connectivity index (χ0n) is 9.89. The zero-order chi connectivity index (χ0) is 11.8. The van der Waals surface area contributed by atoms with Gasteiger partial charge in [0.1, 0.15) is 5.82 Å². The van der Waals surface area contributed by atoms with E-state index in [0.717, 1.165) is 24.4 Å². The van der Waals surface area contributed by atoms with Crippen molar-refractivity contribution in [2.45, 2.75) is 26.4 Å². The molecule has 17 heavy (non-hydrogen) atoms. The highest BCUT2D eigenvalue weighted by molar-refractivity contribution is 5.78. The molecule has 0 N–H and O–H groups in total. The lowest BCUT2D eigenvalue weighted by molar-refractivity contribution is -0.132. The highest BCUT2D eigenvalue weighted by atomic mass is 16.2. The van der Waals surface area contributed by atoms with Crippen LogP contribution < -0.4 is 0 Å². The molecule has 1 amide bonds. The molecule has 0 radical (unpaired) electrons. The molecule has 0 unspecified atom stereocenters. The Morgan fingerprint density at radius 2 is 2.18 bits per heavy atom. The van der Waals surface area contributed by atoms with Gasteiger partial charge in [0, 0.05) is 19.5 Å². The number of hydrogen-bond acceptors (Lipinski definition) is 2. The van der Waals surface area contributed by atoms with Crippen LogP contribution in [0.3, 0.4) is 0 Å². The van der Waals surface area contributed by atoms with Gasteiger partial charge in [-0.05, 0) is 12.1 Å². The molecule has 0 bridgehead atoms. The predicted octanol–water partition coefficient (Wildman–Crippen LogP) is 1.79. The Morgan fingerprint density at radius 1 is 1.35 bits per heavy atom. The summed E-state index contributed by atoms with van der Waals surface area (Å²) in [5.41, 5.74) is 2.19. The third kappa shape index (κ3) is 1.60. The molecule has 1 aliphatic heterocycles. The van der Waals surface area contributed by atoms with Gasteiger partial charge in [-0.1, -0.05) is 19.1 Å². The van der Waals surface area contributed by atoms with E-state index in [-0.39, 0.29) is 5.91 Å². The lowest BCUT2D eigenvalue weighted by Crippen LogP contribution is -2.37. The Hall–Kier alpha value is -1.84. The summed E-state index contributed by atoms with van der Waals surface area (Å²) < 4.78 is 2.22. The summed E-state index contributed by atoms with van der Waals surface area (Å²) in [5.74, 6) is 1.21. The zero-order valence-corrected chi connectivity index (χ0v) is 9.89. The van der Waals surface area contributed by atoms with E-state index in [0.29, 0.717) is 13.0 Å². The number of amides is 1. The smallest absolute Gasteiger partial charge is 0.222 e. The second-order valence-electron chi connectivity index (χ2n) is 4.34. The summed E-state index contributed by atoms with van der Waals surface area (Å²) in [6.45, 7) is 4.18. The van der Waals surface area contributed by atoms with Gasteiger partial charge in [-0.15, -0.1) is 0 Å². The second-order valence-corrected chi connectivity index (χ2v) is 4.34. The third-order valence-corrected chi connectivity index (χ3v) is 3.31. The molecule has 1 aromatic carbocycles. The summed E-state index contributed by atoms with van der Waals surface area (Å²) in [4.78, 5) is 18.2. The maximum absolute atomic E-state index is 11.7. The number of rotatable bonds is 1. The van der Waals surface area contributed by atoms with Gasteiger partial charge in [-0.3, -0.25) is 4.79 Å².